The van der Waals surface area contributed by atoms with Crippen LogP contribution >= 0.6 is 0 Å². The maximum absolute atomic E-state index is 4.99. The zero-order valence-electron chi connectivity index (χ0n) is 13.3. The highest BCUT2D eigenvalue weighted by molar-refractivity contribution is 5.39. The molecule has 0 radical (unpaired) electrons. The summed E-state index contributed by atoms with van der Waals surface area (Å²) in [5.74, 6) is 0. The Morgan fingerprint density at radius 3 is 2.91 bits per heavy atom. The highest BCUT2D eigenvalue weighted by Gasteiger charge is 2.26. The molecule has 116 valence electrons. The molecular weight excluding hydrogens is 272 g/mol. The van der Waals surface area contributed by atoms with E-state index in [-0.39, 0.29) is 0 Å². The molecule has 1 saturated heterocycles. The maximum atomic E-state index is 4.99. The Morgan fingerprint density at radius 2 is 2.09 bits per heavy atom. The van der Waals surface area contributed by atoms with Gasteiger partial charge in [-0.05, 0) is 43.9 Å². The van der Waals surface area contributed by atoms with Crippen LogP contribution in [-0.2, 0) is 19.4 Å². The van der Waals surface area contributed by atoms with Gasteiger partial charge in [-0.25, -0.2) is 4.68 Å². The number of fused-ring (bicyclic) bond motifs is 1. The van der Waals surface area contributed by atoms with Crippen LogP contribution in [0, 0.1) is 0 Å². The number of benzene rings is 1. The molecule has 4 nitrogen and oxygen atoms in total. The van der Waals surface area contributed by atoms with Crippen LogP contribution in [0.4, 0.5) is 0 Å². The highest BCUT2D eigenvalue weighted by Crippen LogP contribution is 2.28. The van der Waals surface area contributed by atoms with Gasteiger partial charge in [0.1, 0.15) is 0 Å². The predicted octanol–water partition coefficient (Wildman–Crippen LogP) is 2.15. The quantitative estimate of drug-likeness (QED) is 0.942. The van der Waals surface area contributed by atoms with Gasteiger partial charge < -0.3 is 5.32 Å². The van der Waals surface area contributed by atoms with Crippen molar-refractivity contribution in [1.82, 2.24) is 20.0 Å². The van der Waals surface area contributed by atoms with Gasteiger partial charge >= 0.3 is 0 Å². The number of hydrogen-bond donors (Lipinski definition) is 1. The van der Waals surface area contributed by atoms with Crippen molar-refractivity contribution in [2.24, 2.45) is 0 Å². The second kappa shape index (κ2) is 5.86. The zero-order chi connectivity index (χ0) is 14.9. The van der Waals surface area contributed by atoms with Gasteiger partial charge in [-0.2, -0.15) is 5.10 Å². The van der Waals surface area contributed by atoms with Crippen LogP contribution in [0.3, 0.4) is 0 Å². The Labute approximate surface area is 132 Å². The second-order valence-corrected chi connectivity index (χ2v) is 6.50. The van der Waals surface area contributed by atoms with Crippen LogP contribution < -0.4 is 5.32 Å². The minimum atomic E-state index is 0.590. The Morgan fingerprint density at radius 1 is 1.23 bits per heavy atom. The van der Waals surface area contributed by atoms with Gasteiger partial charge in [0, 0.05) is 37.9 Å². The van der Waals surface area contributed by atoms with Crippen LogP contribution in [0.1, 0.15) is 30.3 Å². The molecule has 1 aliphatic heterocycles. The summed E-state index contributed by atoms with van der Waals surface area (Å²) in [6, 6.07) is 11.2. The minimum absolute atomic E-state index is 0.590. The molecule has 0 bridgehead atoms. The Balaban J connectivity index is 1.66. The molecule has 1 aromatic carbocycles. The molecular formula is C18H24N4. The number of piperazine rings is 1. The van der Waals surface area contributed by atoms with Crippen molar-refractivity contribution in [3.63, 3.8) is 0 Å². The molecule has 1 fully saturated rings. The van der Waals surface area contributed by atoms with Crippen molar-refractivity contribution in [2.45, 2.75) is 38.8 Å². The molecule has 0 spiro atoms. The van der Waals surface area contributed by atoms with Crippen LogP contribution in [0.15, 0.2) is 30.3 Å². The average molecular weight is 296 g/mol. The monoisotopic (exact) mass is 296 g/mol. The van der Waals surface area contributed by atoms with Gasteiger partial charge in [-0.3, -0.25) is 4.90 Å². The van der Waals surface area contributed by atoms with Crippen molar-refractivity contribution >= 4 is 0 Å². The van der Waals surface area contributed by atoms with Crippen LogP contribution in [0.2, 0.25) is 0 Å². The molecule has 2 aliphatic rings. The molecule has 2 heterocycles. The number of rotatable bonds is 3. The number of nitrogens with one attached hydrogen (secondary N) is 1. The van der Waals surface area contributed by atoms with Crippen LogP contribution in [0.25, 0.3) is 5.69 Å². The lowest BCUT2D eigenvalue weighted by atomic mass is 10.1. The predicted molar refractivity (Wildman–Crippen MR) is 88.3 cm³/mol. The summed E-state index contributed by atoms with van der Waals surface area (Å²) in [4.78, 5) is 2.56. The lowest BCUT2D eigenvalue weighted by Crippen LogP contribution is -2.49. The summed E-state index contributed by atoms with van der Waals surface area (Å²) in [6.45, 7) is 6.59. The molecule has 1 N–H and O–H groups in total. The van der Waals surface area contributed by atoms with E-state index < -0.39 is 0 Å². The fourth-order valence-electron chi connectivity index (χ4n) is 3.73. The average Bonchev–Trinajstić information content (AvgIpc) is 3.14. The summed E-state index contributed by atoms with van der Waals surface area (Å²) >= 11 is 0. The van der Waals surface area contributed by atoms with Crippen molar-refractivity contribution in [1.29, 1.82) is 0 Å². The normalized spacial score (nSPS) is 22.0. The minimum Gasteiger partial charge on any atom is -0.314 e. The van der Waals surface area contributed by atoms with E-state index in [0.717, 1.165) is 32.6 Å². The van der Waals surface area contributed by atoms with Gasteiger partial charge in [-0.15, -0.1) is 0 Å². The first-order valence-corrected chi connectivity index (χ1v) is 8.43. The van der Waals surface area contributed by atoms with Crippen LogP contribution in [-0.4, -0.2) is 40.4 Å². The summed E-state index contributed by atoms with van der Waals surface area (Å²) in [5.41, 5.74) is 5.43. The molecule has 0 unspecified atom stereocenters. The Kier molecular flexibility index (Phi) is 3.72. The fourth-order valence-corrected chi connectivity index (χ4v) is 3.73. The first-order chi connectivity index (χ1) is 10.8. The molecule has 4 rings (SSSR count). The molecule has 2 aromatic rings. The van der Waals surface area contributed by atoms with Crippen molar-refractivity contribution in [3.8, 4) is 5.69 Å². The van der Waals surface area contributed by atoms with Gasteiger partial charge in [0.25, 0.3) is 0 Å². The van der Waals surface area contributed by atoms with E-state index in [2.05, 4.69) is 52.2 Å². The third-order valence-corrected chi connectivity index (χ3v) is 5.01. The standard InChI is InChI=1S/C18H24N4/c1-14-12-19-10-11-21(14)13-17-16-8-5-9-18(16)22(20-17)15-6-3-2-4-7-15/h2-4,6-7,14,19H,5,8-13H2,1H3/t14-/m1/s1. The molecule has 0 amide bonds. The zero-order valence-corrected chi connectivity index (χ0v) is 13.3. The molecule has 1 atom stereocenters. The van der Waals surface area contributed by atoms with Crippen molar-refractivity contribution in [2.75, 3.05) is 19.6 Å². The van der Waals surface area contributed by atoms with Crippen molar-refractivity contribution in [3.05, 3.63) is 47.3 Å². The third-order valence-electron chi connectivity index (χ3n) is 5.01. The smallest absolute Gasteiger partial charge is 0.0804 e. The third kappa shape index (κ3) is 2.46. The lowest BCUT2D eigenvalue weighted by Gasteiger charge is -2.33. The van der Waals surface area contributed by atoms with E-state index in [9.17, 15) is 0 Å². The van der Waals surface area contributed by atoms with E-state index in [1.165, 1.54) is 35.5 Å². The summed E-state index contributed by atoms with van der Waals surface area (Å²) in [5, 5.41) is 8.45. The van der Waals surface area contributed by atoms with E-state index >= 15 is 0 Å². The summed E-state index contributed by atoms with van der Waals surface area (Å²) in [6.07, 6.45) is 3.62. The molecule has 0 saturated carbocycles. The summed E-state index contributed by atoms with van der Waals surface area (Å²) in [7, 11) is 0. The van der Waals surface area contributed by atoms with Gasteiger partial charge in [0.15, 0.2) is 0 Å². The van der Waals surface area contributed by atoms with E-state index in [0.29, 0.717) is 6.04 Å². The molecule has 22 heavy (non-hydrogen) atoms. The topological polar surface area (TPSA) is 33.1 Å². The lowest BCUT2D eigenvalue weighted by molar-refractivity contribution is 0.163. The number of aromatic nitrogens is 2. The Hall–Kier alpha value is -1.65. The van der Waals surface area contributed by atoms with Crippen molar-refractivity contribution < 1.29 is 0 Å². The first kappa shape index (κ1) is 14.0. The van der Waals surface area contributed by atoms with E-state index in [4.69, 9.17) is 5.10 Å². The largest absolute Gasteiger partial charge is 0.314 e. The molecule has 4 heteroatoms. The van der Waals surface area contributed by atoms with E-state index in [1.807, 2.05) is 0 Å². The fraction of sp³-hybridized carbons (Fsp3) is 0.500. The number of para-hydroxylation sites is 1. The summed E-state index contributed by atoms with van der Waals surface area (Å²) < 4.78 is 2.19. The molecule has 1 aliphatic carbocycles. The first-order valence-electron chi connectivity index (χ1n) is 8.43. The van der Waals surface area contributed by atoms with Gasteiger partial charge in [-0.1, -0.05) is 18.2 Å². The van der Waals surface area contributed by atoms with Gasteiger partial charge in [0.05, 0.1) is 11.4 Å². The highest BCUT2D eigenvalue weighted by atomic mass is 15.3. The second-order valence-electron chi connectivity index (χ2n) is 6.50. The van der Waals surface area contributed by atoms with Crippen LogP contribution in [0.5, 0.6) is 0 Å². The number of hydrogen-bond acceptors (Lipinski definition) is 3. The van der Waals surface area contributed by atoms with E-state index in [1.54, 1.807) is 0 Å². The van der Waals surface area contributed by atoms with Gasteiger partial charge in [0.2, 0.25) is 0 Å². The SMILES string of the molecule is C[C@@H]1CNCCN1Cc1nn(-c2ccccc2)c2c1CCC2. The molecule has 1 aromatic heterocycles. The Bertz CT molecular complexity index is 647. The maximum Gasteiger partial charge on any atom is 0.0804 e. The number of nitrogens with zero attached hydrogens (tertiary/aromatic N) is 3.